The van der Waals surface area contributed by atoms with Crippen LogP contribution in [0.1, 0.15) is 16.7 Å². The lowest BCUT2D eigenvalue weighted by molar-refractivity contribution is -0.384. The number of rotatable bonds is 5. The van der Waals surface area contributed by atoms with Gasteiger partial charge in [0.25, 0.3) is 5.69 Å². The normalized spacial score (nSPS) is 12.6. The molecule has 4 aromatic carbocycles. The summed E-state index contributed by atoms with van der Waals surface area (Å²) in [7, 11) is 1.65. The quantitative estimate of drug-likeness (QED) is 0.261. The van der Waals surface area contributed by atoms with Crippen LogP contribution >= 0.6 is 0 Å². The average Bonchev–Trinajstić information content (AvgIpc) is 2.88. The van der Waals surface area contributed by atoms with Crippen molar-refractivity contribution in [3.05, 3.63) is 124 Å². The van der Waals surface area contributed by atoms with Crippen molar-refractivity contribution in [1.29, 1.82) is 0 Å². The molecule has 0 saturated heterocycles. The third-order valence-electron chi connectivity index (χ3n) is 5.84. The molecule has 0 atom stereocenters. The maximum Gasteiger partial charge on any atom is 0.269 e. The fourth-order valence-corrected chi connectivity index (χ4v) is 4.15. The molecule has 0 bridgehead atoms. The second-order valence-corrected chi connectivity index (χ2v) is 7.75. The Labute approximate surface area is 191 Å². The van der Waals surface area contributed by atoms with Crippen molar-refractivity contribution in [1.82, 2.24) is 0 Å². The zero-order chi connectivity index (χ0) is 22.8. The van der Waals surface area contributed by atoms with Crippen molar-refractivity contribution < 1.29 is 14.4 Å². The first-order valence-electron chi connectivity index (χ1n) is 10.6. The smallest absolute Gasteiger partial charge is 0.269 e. The highest BCUT2D eigenvalue weighted by Crippen LogP contribution is 2.43. The summed E-state index contributed by atoms with van der Waals surface area (Å²) in [5.74, 6) is 1.59. The van der Waals surface area contributed by atoms with Gasteiger partial charge in [-0.3, -0.25) is 10.1 Å². The number of nitro benzene ring substituents is 1. The maximum absolute atomic E-state index is 11.1. The predicted molar refractivity (Wildman–Crippen MR) is 129 cm³/mol. The Balaban J connectivity index is 1.71. The molecule has 0 aliphatic carbocycles. The molecule has 33 heavy (non-hydrogen) atoms. The highest BCUT2D eigenvalue weighted by Gasteiger charge is 2.24. The van der Waals surface area contributed by atoms with Crippen LogP contribution in [-0.2, 0) is 0 Å². The number of ether oxygens (including phenoxy) is 2. The van der Waals surface area contributed by atoms with Crippen LogP contribution in [0.25, 0.3) is 22.3 Å². The Bertz CT molecular complexity index is 1340. The van der Waals surface area contributed by atoms with Crippen molar-refractivity contribution in [2.45, 2.75) is 0 Å². The molecule has 0 fully saturated rings. The topological polar surface area (TPSA) is 61.6 Å². The van der Waals surface area contributed by atoms with E-state index in [1.165, 1.54) is 12.1 Å². The van der Waals surface area contributed by atoms with Crippen LogP contribution in [0.2, 0.25) is 0 Å². The fraction of sp³-hybridized carbons (Fsp3) is 0.0714. The first-order valence-corrected chi connectivity index (χ1v) is 10.6. The number of nitro groups is 1. The lowest BCUT2D eigenvalue weighted by Crippen LogP contribution is -2.12. The molecule has 1 aliphatic heterocycles. The van der Waals surface area contributed by atoms with E-state index in [0.29, 0.717) is 6.61 Å². The lowest BCUT2D eigenvalue weighted by atomic mass is 9.86. The third kappa shape index (κ3) is 3.96. The van der Waals surface area contributed by atoms with Gasteiger partial charge in [0.1, 0.15) is 18.1 Å². The Kier molecular flexibility index (Phi) is 5.37. The molecule has 1 heterocycles. The third-order valence-corrected chi connectivity index (χ3v) is 5.84. The monoisotopic (exact) mass is 435 g/mol. The van der Waals surface area contributed by atoms with Crippen molar-refractivity contribution in [2.24, 2.45) is 0 Å². The Morgan fingerprint density at radius 2 is 1.45 bits per heavy atom. The molecule has 1 aliphatic rings. The molecule has 0 aromatic heterocycles. The van der Waals surface area contributed by atoms with Crippen molar-refractivity contribution in [3.63, 3.8) is 0 Å². The fourth-order valence-electron chi connectivity index (χ4n) is 4.15. The van der Waals surface area contributed by atoms with E-state index in [1.54, 1.807) is 19.2 Å². The Hall–Kier alpha value is -4.38. The summed E-state index contributed by atoms with van der Waals surface area (Å²) in [5.41, 5.74) is 7.21. The SMILES string of the molecule is COc1ccc(C2=C(c3ccc([N+](=O)[O-])cc3)COc3ccc(-c4ccccc4)cc32)cc1. The van der Waals surface area contributed by atoms with Crippen LogP contribution in [0.3, 0.4) is 0 Å². The minimum absolute atomic E-state index is 0.0637. The molecule has 162 valence electrons. The lowest BCUT2D eigenvalue weighted by Gasteiger charge is -2.26. The summed E-state index contributed by atoms with van der Waals surface area (Å²) in [4.78, 5) is 10.7. The van der Waals surface area contributed by atoms with Crippen LogP contribution < -0.4 is 9.47 Å². The second-order valence-electron chi connectivity index (χ2n) is 7.75. The number of hydrogen-bond acceptors (Lipinski definition) is 4. The maximum atomic E-state index is 11.1. The number of benzene rings is 4. The van der Waals surface area contributed by atoms with E-state index in [4.69, 9.17) is 9.47 Å². The molecule has 0 spiro atoms. The molecule has 0 saturated carbocycles. The van der Waals surface area contributed by atoms with Gasteiger partial charge < -0.3 is 9.47 Å². The van der Waals surface area contributed by atoms with E-state index >= 15 is 0 Å². The van der Waals surface area contributed by atoms with Gasteiger partial charge in [0.05, 0.1) is 12.0 Å². The van der Waals surface area contributed by atoms with Gasteiger partial charge in [0.2, 0.25) is 0 Å². The Morgan fingerprint density at radius 1 is 0.788 bits per heavy atom. The standard InChI is InChI=1S/C28H21NO4/c1-32-24-14-9-21(10-15-24)28-25-17-22(19-5-3-2-4-6-19)11-16-27(25)33-18-26(28)20-7-12-23(13-8-20)29(30)31/h2-17H,18H2,1H3. The summed E-state index contributed by atoms with van der Waals surface area (Å²) >= 11 is 0. The predicted octanol–water partition coefficient (Wildman–Crippen LogP) is 6.62. The van der Waals surface area contributed by atoms with Gasteiger partial charge in [-0.05, 0) is 64.2 Å². The zero-order valence-electron chi connectivity index (χ0n) is 18.0. The van der Waals surface area contributed by atoms with E-state index in [1.807, 2.05) is 48.5 Å². The van der Waals surface area contributed by atoms with Gasteiger partial charge in [-0.25, -0.2) is 0 Å². The first-order chi connectivity index (χ1) is 16.1. The first kappa shape index (κ1) is 20.5. The number of hydrogen-bond donors (Lipinski definition) is 0. The average molecular weight is 435 g/mol. The van der Waals surface area contributed by atoms with E-state index in [0.717, 1.165) is 50.5 Å². The molecule has 0 amide bonds. The minimum Gasteiger partial charge on any atom is -0.497 e. The second kappa shape index (κ2) is 8.63. The van der Waals surface area contributed by atoms with E-state index in [-0.39, 0.29) is 10.6 Å². The zero-order valence-corrected chi connectivity index (χ0v) is 18.0. The molecular weight excluding hydrogens is 414 g/mol. The molecule has 4 aromatic rings. The van der Waals surface area contributed by atoms with Crippen molar-refractivity contribution in [3.8, 4) is 22.6 Å². The molecule has 0 unspecified atom stereocenters. The summed E-state index contributed by atoms with van der Waals surface area (Å²) in [6.07, 6.45) is 0. The van der Waals surface area contributed by atoms with Gasteiger partial charge in [0.15, 0.2) is 0 Å². The minimum atomic E-state index is -0.388. The van der Waals surface area contributed by atoms with Gasteiger partial charge in [-0.15, -0.1) is 0 Å². The molecule has 5 nitrogen and oxygen atoms in total. The van der Waals surface area contributed by atoms with Crippen LogP contribution in [-0.4, -0.2) is 18.6 Å². The highest BCUT2D eigenvalue weighted by atomic mass is 16.6. The summed E-state index contributed by atoms with van der Waals surface area (Å²) in [6, 6.07) is 31.0. The molecule has 5 rings (SSSR count). The van der Waals surface area contributed by atoms with E-state index < -0.39 is 0 Å². The van der Waals surface area contributed by atoms with Crippen LogP contribution in [0.4, 0.5) is 5.69 Å². The van der Waals surface area contributed by atoms with Crippen LogP contribution in [0.5, 0.6) is 11.5 Å². The number of fused-ring (bicyclic) bond motifs is 1. The van der Waals surface area contributed by atoms with E-state index in [2.05, 4.69) is 24.3 Å². The summed E-state index contributed by atoms with van der Waals surface area (Å²) in [5, 5.41) is 11.1. The van der Waals surface area contributed by atoms with Gasteiger partial charge in [-0.1, -0.05) is 48.5 Å². The van der Waals surface area contributed by atoms with E-state index in [9.17, 15) is 10.1 Å². The number of non-ortho nitro benzene ring substituents is 1. The summed E-state index contributed by atoms with van der Waals surface area (Å²) in [6.45, 7) is 0.372. The van der Waals surface area contributed by atoms with Crippen LogP contribution in [0.15, 0.2) is 97.1 Å². The van der Waals surface area contributed by atoms with Gasteiger partial charge >= 0.3 is 0 Å². The largest absolute Gasteiger partial charge is 0.497 e. The van der Waals surface area contributed by atoms with Gasteiger partial charge in [0, 0.05) is 23.3 Å². The molecule has 0 N–H and O–H groups in total. The molecule has 5 heteroatoms. The van der Waals surface area contributed by atoms with Gasteiger partial charge in [-0.2, -0.15) is 0 Å². The Morgan fingerprint density at radius 3 is 2.12 bits per heavy atom. The van der Waals surface area contributed by atoms with Crippen molar-refractivity contribution in [2.75, 3.05) is 13.7 Å². The summed E-state index contributed by atoms with van der Waals surface area (Å²) < 4.78 is 11.5. The van der Waals surface area contributed by atoms with Crippen LogP contribution in [0, 0.1) is 10.1 Å². The molecule has 0 radical (unpaired) electrons. The highest BCUT2D eigenvalue weighted by molar-refractivity contribution is 6.02. The number of methoxy groups -OCH3 is 1. The van der Waals surface area contributed by atoms with Crippen molar-refractivity contribution >= 4 is 16.8 Å². The number of nitrogens with zero attached hydrogens (tertiary/aromatic N) is 1. The molecular formula is C28H21NO4.